The fraction of sp³-hybridized carbons (Fsp3) is 0.250. The van der Waals surface area contributed by atoms with E-state index in [9.17, 15) is 0 Å². The summed E-state index contributed by atoms with van der Waals surface area (Å²) in [6, 6.07) is 15.9. The number of hydrogen-bond donors (Lipinski definition) is 1. The summed E-state index contributed by atoms with van der Waals surface area (Å²) in [4.78, 5) is 9.09. The molecule has 7 heteroatoms. The van der Waals surface area contributed by atoms with Gasteiger partial charge in [0.2, 0.25) is 0 Å². The Morgan fingerprint density at radius 1 is 1.07 bits per heavy atom. The van der Waals surface area contributed by atoms with Crippen molar-refractivity contribution in [2.75, 3.05) is 31.8 Å². The Balaban J connectivity index is 1.75. The van der Waals surface area contributed by atoms with Crippen molar-refractivity contribution in [1.82, 2.24) is 9.97 Å². The summed E-state index contributed by atoms with van der Waals surface area (Å²) < 4.78 is 10.6. The Kier molecular flexibility index (Phi) is 6.34. The molecule has 0 saturated carbocycles. The molecule has 3 aromatic rings. The fourth-order valence-electron chi connectivity index (χ4n) is 2.71. The monoisotopic (exact) mass is 380 g/mol. The van der Waals surface area contributed by atoms with Gasteiger partial charge in [0, 0.05) is 11.9 Å². The highest BCUT2D eigenvalue weighted by Crippen LogP contribution is 2.28. The normalized spacial score (nSPS) is 10.4. The molecule has 0 aliphatic carbocycles. The number of thioether (sulfide) groups is 1. The lowest BCUT2D eigenvalue weighted by Gasteiger charge is -2.12. The first-order valence-corrected chi connectivity index (χ1v) is 9.45. The molecular formula is C20H20N4O2S. The Morgan fingerprint density at radius 3 is 2.67 bits per heavy atom. The molecule has 0 saturated heterocycles. The highest BCUT2D eigenvalue weighted by Gasteiger charge is 2.09. The number of methoxy groups -OCH3 is 2. The average molecular weight is 380 g/mol. The summed E-state index contributed by atoms with van der Waals surface area (Å²) in [7, 11) is 3.26. The van der Waals surface area contributed by atoms with Gasteiger partial charge in [-0.25, -0.2) is 9.97 Å². The molecule has 0 spiro atoms. The van der Waals surface area contributed by atoms with Crippen LogP contribution in [0.15, 0.2) is 47.6 Å². The number of nitrogens with zero attached hydrogens (tertiary/aromatic N) is 3. The number of hydrogen-bond acceptors (Lipinski definition) is 7. The smallest absolute Gasteiger partial charge is 0.191 e. The van der Waals surface area contributed by atoms with Crippen LogP contribution < -0.4 is 14.8 Å². The molecule has 0 fully saturated rings. The lowest BCUT2D eigenvalue weighted by Crippen LogP contribution is -2.08. The molecule has 3 rings (SSSR count). The Bertz CT molecular complexity index is 972. The number of para-hydroxylation sites is 1. The summed E-state index contributed by atoms with van der Waals surface area (Å²) in [6.45, 7) is 0.707. The molecule has 0 radical (unpaired) electrons. The van der Waals surface area contributed by atoms with Crippen LogP contribution in [-0.4, -0.2) is 36.5 Å². The van der Waals surface area contributed by atoms with E-state index in [1.54, 1.807) is 14.2 Å². The minimum Gasteiger partial charge on any atom is -0.493 e. The fourth-order valence-corrected chi connectivity index (χ4v) is 3.23. The van der Waals surface area contributed by atoms with Crippen LogP contribution in [-0.2, 0) is 6.42 Å². The van der Waals surface area contributed by atoms with Crippen molar-refractivity contribution in [3.05, 3.63) is 48.0 Å². The largest absolute Gasteiger partial charge is 0.493 e. The summed E-state index contributed by atoms with van der Waals surface area (Å²) in [5.41, 5.74) is 2.00. The first kappa shape index (κ1) is 18.8. The van der Waals surface area contributed by atoms with E-state index in [-0.39, 0.29) is 0 Å². The maximum absolute atomic E-state index is 8.80. The molecular weight excluding hydrogens is 360 g/mol. The van der Waals surface area contributed by atoms with Crippen LogP contribution in [0.3, 0.4) is 0 Å². The number of nitriles is 1. The van der Waals surface area contributed by atoms with Crippen LogP contribution in [0.1, 0.15) is 5.56 Å². The second-order valence-electron chi connectivity index (χ2n) is 5.68. The number of fused-ring (bicyclic) bond motifs is 1. The van der Waals surface area contributed by atoms with Crippen LogP contribution in [0, 0.1) is 11.3 Å². The van der Waals surface area contributed by atoms with Gasteiger partial charge in [0.1, 0.15) is 5.82 Å². The van der Waals surface area contributed by atoms with Crippen molar-refractivity contribution >= 4 is 28.5 Å². The van der Waals surface area contributed by atoms with Crippen LogP contribution in [0.2, 0.25) is 0 Å². The topological polar surface area (TPSA) is 80.1 Å². The highest BCUT2D eigenvalue weighted by molar-refractivity contribution is 7.99. The van der Waals surface area contributed by atoms with Crippen LogP contribution >= 0.6 is 11.8 Å². The van der Waals surface area contributed by atoms with Crippen molar-refractivity contribution in [1.29, 1.82) is 5.26 Å². The predicted octanol–water partition coefficient (Wildman–Crippen LogP) is 3.92. The van der Waals surface area contributed by atoms with Crippen LogP contribution in [0.4, 0.5) is 5.82 Å². The zero-order valence-electron chi connectivity index (χ0n) is 15.2. The molecule has 1 N–H and O–H groups in total. The number of benzene rings is 2. The van der Waals surface area contributed by atoms with Crippen LogP contribution in [0.5, 0.6) is 11.5 Å². The van der Waals surface area contributed by atoms with Crippen LogP contribution in [0.25, 0.3) is 10.9 Å². The highest BCUT2D eigenvalue weighted by atomic mass is 32.2. The third-order valence-corrected chi connectivity index (χ3v) is 4.72. The first-order valence-electron chi connectivity index (χ1n) is 8.46. The number of aromatic nitrogens is 2. The standard InChI is InChI=1S/C20H20N4O2S/c1-25-17-8-7-14(13-18(17)26-2)9-11-22-19-15-5-3-4-6-16(15)23-20(24-19)27-12-10-21/h3-8,13H,9,11-12H2,1-2H3,(H,22,23,24). The molecule has 1 aromatic heterocycles. The quantitative estimate of drug-likeness (QED) is 0.469. The third kappa shape index (κ3) is 4.60. The zero-order chi connectivity index (χ0) is 19.1. The molecule has 138 valence electrons. The third-order valence-electron chi connectivity index (χ3n) is 4.00. The second kappa shape index (κ2) is 9.10. The number of ether oxygens (including phenoxy) is 2. The van der Waals surface area contributed by atoms with Gasteiger partial charge < -0.3 is 14.8 Å². The van der Waals surface area contributed by atoms with Crippen molar-refractivity contribution in [3.8, 4) is 17.6 Å². The average Bonchev–Trinajstić information content (AvgIpc) is 2.72. The van der Waals surface area contributed by atoms with Gasteiger partial charge in [0.25, 0.3) is 0 Å². The molecule has 0 aliphatic heterocycles. The number of anilines is 1. The van der Waals surface area contributed by atoms with Gasteiger partial charge in [0.05, 0.1) is 31.6 Å². The zero-order valence-corrected chi connectivity index (χ0v) is 16.0. The Morgan fingerprint density at radius 2 is 1.89 bits per heavy atom. The molecule has 1 heterocycles. The minimum atomic E-state index is 0.323. The van der Waals surface area contributed by atoms with E-state index in [0.29, 0.717) is 17.5 Å². The van der Waals surface area contributed by atoms with E-state index < -0.39 is 0 Å². The SMILES string of the molecule is COc1ccc(CCNc2nc(SCC#N)nc3ccccc23)cc1OC. The molecule has 0 aliphatic rings. The maximum atomic E-state index is 8.80. The molecule has 27 heavy (non-hydrogen) atoms. The van der Waals surface area contributed by atoms with Gasteiger partial charge in [-0.15, -0.1) is 0 Å². The van der Waals surface area contributed by atoms with Gasteiger partial charge in [-0.3, -0.25) is 0 Å². The Labute approximate surface area is 162 Å². The van der Waals surface area contributed by atoms with E-state index in [2.05, 4.69) is 21.4 Å². The predicted molar refractivity (Wildman–Crippen MR) is 108 cm³/mol. The maximum Gasteiger partial charge on any atom is 0.191 e. The summed E-state index contributed by atoms with van der Waals surface area (Å²) in [5, 5.41) is 13.8. The van der Waals surface area contributed by atoms with Crippen molar-refractivity contribution < 1.29 is 9.47 Å². The van der Waals surface area contributed by atoms with Gasteiger partial charge in [-0.1, -0.05) is 30.0 Å². The van der Waals surface area contributed by atoms with Crippen molar-refractivity contribution in [3.63, 3.8) is 0 Å². The second-order valence-corrected chi connectivity index (χ2v) is 6.63. The number of rotatable bonds is 8. The lowest BCUT2D eigenvalue weighted by atomic mass is 10.1. The van der Waals surface area contributed by atoms with Crippen molar-refractivity contribution in [2.45, 2.75) is 11.6 Å². The first-order chi connectivity index (χ1) is 13.2. The van der Waals surface area contributed by atoms with E-state index >= 15 is 0 Å². The van der Waals surface area contributed by atoms with E-state index in [0.717, 1.165) is 40.2 Å². The number of nitrogens with one attached hydrogen (secondary N) is 1. The Hall–Kier alpha value is -2.98. The minimum absolute atomic E-state index is 0.323. The molecule has 0 amide bonds. The van der Waals surface area contributed by atoms with E-state index in [1.165, 1.54) is 11.8 Å². The van der Waals surface area contributed by atoms with Crippen molar-refractivity contribution in [2.24, 2.45) is 0 Å². The van der Waals surface area contributed by atoms with Gasteiger partial charge in [-0.05, 0) is 36.2 Å². The molecule has 0 bridgehead atoms. The van der Waals surface area contributed by atoms with Gasteiger partial charge in [-0.2, -0.15) is 5.26 Å². The summed E-state index contributed by atoms with van der Waals surface area (Å²) >= 11 is 1.33. The molecule has 2 aromatic carbocycles. The molecule has 0 atom stereocenters. The van der Waals surface area contributed by atoms with E-state index in [1.807, 2.05) is 42.5 Å². The summed E-state index contributed by atoms with van der Waals surface area (Å²) in [5.74, 6) is 2.54. The summed E-state index contributed by atoms with van der Waals surface area (Å²) in [6.07, 6.45) is 0.805. The molecule has 0 unspecified atom stereocenters. The van der Waals surface area contributed by atoms with Gasteiger partial charge in [0.15, 0.2) is 16.7 Å². The lowest BCUT2D eigenvalue weighted by molar-refractivity contribution is 0.354. The van der Waals surface area contributed by atoms with E-state index in [4.69, 9.17) is 14.7 Å². The molecule has 6 nitrogen and oxygen atoms in total. The van der Waals surface area contributed by atoms with Gasteiger partial charge >= 0.3 is 0 Å².